The van der Waals surface area contributed by atoms with Gasteiger partial charge >= 0.3 is 0 Å². The minimum Gasteiger partial charge on any atom is -0.390 e. The molecule has 0 amide bonds. The van der Waals surface area contributed by atoms with E-state index in [0.717, 1.165) is 32.1 Å². The third-order valence-corrected chi connectivity index (χ3v) is 4.91. The van der Waals surface area contributed by atoms with E-state index in [2.05, 4.69) is 27.7 Å². The summed E-state index contributed by atoms with van der Waals surface area (Å²) in [7, 11) is 0. The summed E-state index contributed by atoms with van der Waals surface area (Å²) in [6.07, 6.45) is 7.68. The molecule has 0 radical (unpaired) electrons. The van der Waals surface area contributed by atoms with Gasteiger partial charge in [-0.3, -0.25) is 0 Å². The van der Waals surface area contributed by atoms with Gasteiger partial charge in [-0.05, 0) is 50.4 Å². The molecule has 0 saturated heterocycles. The molecule has 4 atom stereocenters. The van der Waals surface area contributed by atoms with Crippen molar-refractivity contribution in [3.8, 4) is 0 Å². The maximum atomic E-state index is 10.5. The van der Waals surface area contributed by atoms with Crippen LogP contribution in [0.15, 0.2) is 11.6 Å². The van der Waals surface area contributed by atoms with E-state index in [4.69, 9.17) is 0 Å². The van der Waals surface area contributed by atoms with Crippen LogP contribution in [0, 0.1) is 17.8 Å². The smallest absolute Gasteiger partial charge is 0.0751 e. The summed E-state index contributed by atoms with van der Waals surface area (Å²) in [6.45, 7) is 10.7. The molecule has 0 saturated carbocycles. The summed E-state index contributed by atoms with van der Waals surface area (Å²) in [5.41, 5.74) is 0.764. The number of hydrogen-bond donors (Lipinski definition) is 2. The van der Waals surface area contributed by atoms with E-state index in [9.17, 15) is 10.2 Å². The Kier molecular flexibility index (Phi) is 6.74. The van der Waals surface area contributed by atoms with E-state index in [1.165, 1.54) is 12.0 Å². The number of aliphatic hydroxyl groups excluding tert-OH is 1. The SMILES string of the molecule is CC(C)CCCC(C)(O)CCC1=CC(O)C(C)C(C)C1. The summed E-state index contributed by atoms with van der Waals surface area (Å²) in [6, 6.07) is 0. The van der Waals surface area contributed by atoms with E-state index in [1.54, 1.807) is 0 Å². The molecule has 1 rings (SSSR count). The fourth-order valence-corrected chi connectivity index (χ4v) is 3.03. The van der Waals surface area contributed by atoms with E-state index in [0.29, 0.717) is 17.8 Å². The summed E-state index contributed by atoms with van der Waals surface area (Å²) in [5.74, 6) is 1.60. The minimum atomic E-state index is -0.563. The maximum absolute atomic E-state index is 10.5. The molecule has 0 aromatic rings. The molecule has 0 fully saturated rings. The second-order valence-electron chi connectivity index (χ2n) is 7.64. The highest BCUT2D eigenvalue weighted by molar-refractivity contribution is 5.12. The fourth-order valence-electron chi connectivity index (χ4n) is 3.03. The highest BCUT2D eigenvalue weighted by Crippen LogP contribution is 2.33. The van der Waals surface area contributed by atoms with Crippen LogP contribution in [0.25, 0.3) is 0 Å². The Morgan fingerprint density at radius 1 is 1.30 bits per heavy atom. The first-order valence-electron chi connectivity index (χ1n) is 8.31. The van der Waals surface area contributed by atoms with Crippen LogP contribution in [0.4, 0.5) is 0 Å². The van der Waals surface area contributed by atoms with Crippen LogP contribution in [-0.2, 0) is 0 Å². The Labute approximate surface area is 125 Å². The first-order valence-corrected chi connectivity index (χ1v) is 8.31. The second-order valence-corrected chi connectivity index (χ2v) is 7.64. The van der Waals surface area contributed by atoms with Gasteiger partial charge in [0.15, 0.2) is 0 Å². The zero-order valence-electron chi connectivity index (χ0n) is 14.0. The van der Waals surface area contributed by atoms with Crippen LogP contribution >= 0.6 is 0 Å². The van der Waals surface area contributed by atoms with E-state index in [-0.39, 0.29) is 6.10 Å². The molecule has 20 heavy (non-hydrogen) atoms. The van der Waals surface area contributed by atoms with Gasteiger partial charge in [0.25, 0.3) is 0 Å². The minimum absolute atomic E-state index is 0.306. The molecule has 0 aliphatic heterocycles. The van der Waals surface area contributed by atoms with E-state index >= 15 is 0 Å². The molecule has 1 aliphatic carbocycles. The lowest BCUT2D eigenvalue weighted by Gasteiger charge is -2.31. The van der Waals surface area contributed by atoms with Crippen molar-refractivity contribution in [2.75, 3.05) is 0 Å². The number of hydrogen-bond acceptors (Lipinski definition) is 2. The Morgan fingerprint density at radius 2 is 1.95 bits per heavy atom. The molecular weight excluding hydrogens is 248 g/mol. The van der Waals surface area contributed by atoms with Gasteiger partial charge in [-0.15, -0.1) is 0 Å². The molecule has 0 bridgehead atoms. The molecule has 0 aromatic carbocycles. The topological polar surface area (TPSA) is 40.5 Å². The van der Waals surface area contributed by atoms with E-state index < -0.39 is 5.60 Å². The molecular formula is C18H34O2. The highest BCUT2D eigenvalue weighted by atomic mass is 16.3. The third-order valence-electron chi connectivity index (χ3n) is 4.91. The van der Waals surface area contributed by atoms with Gasteiger partial charge < -0.3 is 10.2 Å². The second kappa shape index (κ2) is 7.61. The molecule has 2 nitrogen and oxygen atoms in total. The monoisotopic (exact) mass is 282 g/mol. The number of aliphatic hydroxyl groups is 2. The fraction of sp³-hybridized carbons (Fsp3) is 0.889. The van der Waals surface area contributed by atoms with Crippen molar-refractivity contribution in [2.24, 2.45) is 17.8 Å². The Balaban J connectivity index is 2.40. The highest BCUT2D eigenvalue weighted by Gasteiger charge is 2.27. The lowest BCUT2D eigenvalue weighted by atomic mass is 9.78. The van der Waals surface area contributed by atoms with Crippen molar-refractivity contribution in [1.82, 2.24) is 0 Å². The molecule has 118 valence electrons. The van der Waals surface area contributed by atoms with Crippen molar-refractivity contribution < 1.29 is 10.2 Å². The lowest BCUT2D eigenvalue weighted by molar-refractivity contribution is 0.0376. The predicted octanol–water partition coefficient (Wildman–Crippen LogP) is 4.31. The van der Waals surface area contributed by atoms with Crippen molar-refractivity contribution in [3.63, 3.8) is 0 Å². The van der Waals surface area contributed by atoms with Crippen molar-refractivity contribution in [1.29, 1.82) is 0 Å². The van der Waals surface area contributed by atoms with Gasteiger partial charge in [-0.1, -0.05) is 52.2 Å². The molecule has 0 heterocycles. The van der Waals surface area contributed by atoms with Crippen molar-refractivity contribution >= 4 is 0 Å². The number of allylic oxidation sites excluding steroid dienone is 1. The summed E-state index contributed by atoms with van der Waals surface area (Å²) < 4.78 is 0. The van der Waals surface area contributed by atoms with Crippen molar-refractivity contribution in [2.45, 2.75) is 84.8 Å². The molecule has 2 N–H and O–H groups in total. The molecule has 0 aromatic heterocycles. The van der Waals surface area contributed by atoms with Gasteiger partial charge in [-0.25, -0.2) is 0 Å². The largest absolute Gasteiger partial charge is 0.390 e. The summed E-state index contributed by atoms with van der Waals surface area (Å²) in [4.78, 5) is 0. The Hall–Kier alpha value is -0.340. The van der Waals surface area contributed by atoms with Gasteiger partial charge in [0, 0.05) is 0 Å². The molecule has 2 heteroatoms. The molecule has 4 unspecified atom stereocenters. The van der Waals surface area contributed by atoms with Gasteiger partial charge in [0.05, 0.1) is 11.7 Å². The average molecular weight is 282 g/mol. The van der Waals surface area contributed by atoms with Gasteiger partial charge in [-0.2, -0.15) is 0 Å². The van der Waals surface area contributed by atoms with E-state index in [1.807, 2.05) is 13.0 Å². The van der Waals surface area contributed by atoms with Crippen LogP contribution in [-0.4, -0.2) is 21.9 Å². The first kappa shape index (κ1) is 17.7. The van der Waals surface area contributed by atoms with Crippen LogP contribution in [0.2, 0.25) is 0 Å². The average Bonchev–Trinajstić information content (AvgIpc) is 2.32. The first-order chi connectivity index (χ1) is 9.21. The quantitative estimate of drug-likeness (QED) is 0.683. The zero-order chi connectivity index (χ0) is 15.3. The van der Waals surface area contributed by atoms with Crippen molar-refractivity contribution in [3.05, 3.63) is 11.6 Å². The normalized spacial score (nSPS) is 30.2. The predicted molar refractivity (Wildman–Crippen MR) is 85.6 cm³/mol. The van der Waals surface area contributed by atoms with Crippen LogP contribution in [0.3, 0.4) is 0 Å². The third kappa shape index (κ3) is 5.97. The summed E-state index contributed by atoms with van der Waals surface area (Å²) >= 11 is 0. The summed E-state index contributed by atoms with van der Waals surface area (Å²) in [5, 5.41) is 20.5. The number of rotatable bonds is 7. The lowest BCUT2D eigenvalue weighted by Crippen LogP contribution is -2.28. The van der Waals surface area contributed by atoms with Crippen LogP contribution in [0.1, 0.15) is 73.1 Å². The van der Waals surface area contributed by atoms with Crippen LogP contribution in [0.5, 0.6) is 0 Å². The van der Waals surface area contributed by atoms with Gasteiger partial charge in [0.1, 0.15) is 0 Å². The Morgan fingerprint density at radius 3 is 2.50 bits per heavy atom. The standard InChI is InChI=1S/C18H34O2/c1-13(2)7-6-9-18(5,20)10-8-16-11-14(3)15(4)17(19)12-16/h12-15,17,19-20H,6-11H2,1-5H3. The molecule has 0 spiro atoms. The zero-order valence-corrected chi connectivity index (χ0v) is 14.0. The Bertz CT molecular complexity index is 317. The molecule has 1 aliphatic rings. The maximum Gasteiger partial charge on any atom is 0.0751 e. The van der Waals surface area contributed by atoms with Crippen LogP contribution < -0.4 is 0 Å². The van der Waals surface area contributed by atoms with Gasteiger partial charge in [0.2, 0.25) is 0 Å².